The van der Waals surface area contributed by atoms with Crippen molar-refractivity contribution >= 4 is 23.4 Å². The van der Waals surface area contributed by atoms with Gasteiger partial charge in [0.05, 0.1) is 5.92 Å². The van der Waals surface area contributed by atoms with Crippen LogP contribution in [-0.2, 0) is 9.59 Å². The van der Waals surface area contributed by atoms with Gasteiger partial charge in [-0.15, -0.1) is 0 Å². The number of carboxylic acids is 2. The molecule has 1 atom stereocenters. The second-order valence-electron chi connectivity index (χ2n) is 4.42. The minimum absolute atomic E-state index is 0.0506. The van der Waals surface area contributed by atoms with E-state index >= 15 is 0 Å². The first-order chi connectivity index (χ1) is 9.43. The lowest BCUT2D eigenvalue weighted by atomic mass is 9.94. The Hall–Kier alpha value is -2.37. The molecule has 6 nitrogen and oxygen atoms in total. The Kier molecular flexibility index (Phi) is 5.71. The maximum Gasteiger partial charge on any atom is 0.306 e. The highest BCUT2D eigenvalue weighted by atomic mass is 16.4. The van der Waals surface area contributed by atoms with E-state index in [1.54, 1.807) is 31.3 Å². The van der Waals surface area contributed by atoms with Crippen molar-refractivity contribution in [3.05, 3.63) is 29.8 Å². The highest BCUT2D eigenvalue weighted by Gasteiger charge is 2.22. The lowest BCUT2D eigenvalue weighted by molar-refractivity contribution is -0.142. The van der Waals surface area contributed by atoms with Gasteiger partial charge in [-0.3, -0.25) is 14.4 Å². The van der Waals surface area contributed by atoms with Gasteiger partial charge in [0.25, 0.3) is 0 Å². The molecule has 0 radical (unpaired) electrons. The van der Waals surface area contributed by atoms with E-state index in [0.717, 1.165) is 5.69 Å². The second-order valence-corrected chi connectivity index (χ2v) is 4.42. The van der Waals surface area contributed by atoms with Gasteiger partial charge in [-0.05, 0) is 30.7 Å². The zero-order chi connectivity index (χ0) is 15.1. The van der Waals surface area contributed by atoms with Crippen molar-refractivity contribution in [1.82, 2.24) is 0 Å². The summed E-state index contributed by atoms with van der Waals surface area (Å²) in [7, 11) is 1.75. The number of carbonyl (C=O) groups is 3. The topological polar surface area (TPSA) is 104 Å². The van der Waals surface area contributed by atoms with E-state index in [-0.39, 0.29) is 25.0 Å². The summed E-state index contributed by atoms with van der Waals surface area (Å²) in [5.74, 6) is -3.48. The third kappa shape index (κ3) is 4.72. The number of nitrogens with one attached hydrogen (secondary N) is 1. The molecule has 0 saturated carbocycles. The van der Waals surface area contributed by atoms with Gasteiger partial charge in [0.2, 0.25) is 0 Å². The average molecular weight is 279 g/mol. The number of hydrogen-bond donors (Lipinski definition) is 3. The predicted molar refractivity (Wildman–Crippen MR) is 72.9 cm³/mol. The number of Topliss-reactive ketones (excluding diaryl/α,β-unsaturated/α-hetero) is 1. The molecular weight excluding hydrogens is 262 g/mol. The molecule has 0 bridgehead atoms. The Bertz CT molecular complexity index is 495. The smallest absolute Gasteiger partial charge is 0.306 e. The zero-order valence-electron chi connectivity index (χ0n) is 11.1. The molecule has 1 aromatic carbocycles. The second kappa shape index (κ2) is 7.28. The molecule has 0 aliphatic rings. The third-order valence-electron chi connectivity index (χ3n) is 2.98. The Morgan fingerprint density at radius 3 is 2.20 bits per heavy atom. The molecule has 20 heavy (non-hydrogen) atoms. The van der Waals surface area contributed by atoms with Gasteiger partial charge in [-0.2, -0.15) is 0 Å². The fourth-order valence-corrected chi connectivity index (χ4v) is 1.77. The molecule has 0 amide bonds. The van der Waals surface area contributed by atoms with E-state index in [1.807, 2.05) is 0 Å². The van der Waals surface area contributed by atoms with E-state index in [9.17, 15) is 14.4 Å². The van der Waals surface area contributed by atoms with Gasteiger partial charge >= 0.3 is 11.9 Å². The number of hydrogen-bond acceptors (Lipinski definition) is 4. The summed E-state index contributed by atoms with van der Waals surface area (Å²) >= 11 is 0. The van der Waals surface area contributed by atoms with Crippen molar-refractivity contribution in [2.24, 2.45) is 5.92 Å². The monoisotopic (exact) mass is 279 g/mol. The first-order valence-corrected chi connectivity index (χ1v) is 6.19. The largest absolute Gasteiger partial charge is 0.481 e. The van der Waals surface area contributed by atoms with Crippen LogP contribution in [0.2, 0.25) is 0 Å². The van der Waals surface area contributed by atoms with Crippen molar-refractivity contribution in [2.45, 2.75) is 19.3 Å². The predicted octanol–water partition coefficient (Wildman–Crippen LogP) is 1.87. The van der Waals surface area contributed by atoms with Crippen LogP contribution in [0.15, 0.2) is 24.3 Å². The van der Waals surface area contributed by atoms with Crippen molar-refractivity contribution in [3.63, 3.8) is 0 Å². The number of ketones is 1. The first-order valence-electron chi connectivity index (χ1n) is 6.19. The van der Waals surface area contributed by atoms with Gasteiger partial charge in [0, 0.05) is 31.1 Å². The third-order valence-corrected chi connectivity index (χ3v) is 2.98. The lowest BCUT2D eigenvalue weighted by Crippen LogP contribution is -2.19. The molecule has 1 rings (SSSR count). The summed E-state index contributed by atoms with van der Waals surface area (Å²) in [6.45, 7) is 0. The quantitative estimate of drug-likeness (QED) is 0.627. The Morgan fingerprint density at radius 2 is 1.75 bits per heavy atom. The number of aliphatic carboxylic acids is 2. The van der Waals surface area contributed by atoms with E-state index in [4.69, 9.17) is 10.2 Å². The fraction of sp³-hybridized carbons (Fsp3) is 0.357. The van der Waals surface area contributed by atoms with Gasteiger partial charge in [-0.1, -0.05) is 0 Å². The lowest BCUT2D eigenvalue weighted by Gasteiger charge is -2.10. The number of benzene rings is 1. The summed E-state index contributed by atoms with van der Waals surface area (Å²) in [4.78, 5) is 33.5. The van der Waals surface area contributed by atoms with Crippen LogP contribution in [-0.4, -0.2) is 35.0 Å². The molecule has 0 saturated heterocycles. The van der Waals surface area contributed by atoms with E-state index < -0.39 is 17.9 Å². The Morgan fingerprint density at radius 1 is 1.15 bits per heavy atom. The van der Waals surface area contributed by atoms with Crippen LogP contribution in [0.5, 0.6) is 0 Å². The normalized spacial score (nSPS) is 11.7. The summed E-state index contributed by atoms with van der Waals surface area (Å²) in [6.07, 6.45) is -0.505. The van der Waals surface area contributed by atoms with Crippen LogP contribution >= 0.6 is 0 Å². The first kappa shape index (κ1) is 15.7. The Labute approximate surface area is 116 Å². The van der Waals surface area contributed by atoms with Crippen LogP contribution in [0.3, 0.4) is 0 Å². The van der Waals surface area contributed by atoms with E-state index in [0.29, 0.717) is 5.56 Å². The van der Waals surface area contributed by atoms with Crippen LogP contribution in [0, 0.1) is 5.92 Å². The maximum absolute atomic E-state index is 12.0. The standard InChI is InChI=1S/C14H17NO5/c1-15-11-5-2-9(3-6-11)12(16)8-10(14(19)20)4-7-13(17)18/h2-3,5-6,10,15H,4,7-8H2,1H3,(H,17,18)(H,19,20). The summed E-state index contributed by atoms with van der Waals surface area (Å²) < 4.78 is 0. The van der Waals surface area contributed by atoms with Crippen LogP contribution < -0.4 is 5.32 Å². The summed E-state index contributed by atoms with van der Waals surface area (Å²) in [5, 5.41) is 20.5. The summed E-state index contributed by atoms with van der Waals surface area (Å²) in [6, 6.07) is 6.68. The molecule has 1 aromatic rings. The van der Waals surface area contributed by atoms with Gasteiger partial charge in [0.1, 0.15) is 0 Å². The molecule has 3 N–H and O–H groups in total. The van der Waals surface area contributed by atoms with Gasteiger partial charge in [-0.25, -0.2) is 0 Å². The van der Waals surface area contributed by atoms with Crippen molar-refractivity contribution < 1.29 is 24.6 Å². The average Bonchev–Trinajstić information content (AvgIpc) is 2.42. The summed E-state index contributed by atoms with van der Waals surface area (Å²) in [5.41, 5.74) is 1.27. The molecule has 108 valence electrons. The minimum atomic E-state index is -1.15. The molecule has 0 aliphatic heterocycles. The van der Waals surface area contributed by atoms with E-state index in [1.165, 1.54) is 0 Å². The van der Waals surface area contributed by atoms with Crippen molar-refractivity contribution in [2.75, 3.05) is 12.4 Å². The zero-order valence-corrected chi connectivity index (χ0v) is 11.1. The maximum atomic E-state index is 12.0. The molecular formula is C14H17NO5. The highest BCUT2D eigenvalue weighted by molar-refractivity contribution is 5.98. The molecule has 0 spiro atoms. The SMILES string of the molecule is CNc1ccc(C(=O)CC(CCC(=O)O)C(=O)O)cc1. The fourth-order valence-electron chi connectivity index (χ4n) is 1.77. The molecule has 6 heteroatoms. The van der Waals surface area contributed by atoms with Gasteiger partial charge < -0.3 is 15.5 Å². The number of carboxylic acid groups (broad SMARTS) is 2. The van der Waals surface area contributed by atoms with E-state index in [2.05, 4.69) is 5.32 Å². The van der Waals surface area contributed by atoms with Gasteiger partial charge in [0.15, 0.2) is 5.78 Å². The number of carbonyl (C=O) groups excluding carboxylic acids is 1. The van der Waals surface area contributed by atoms with Crippen LogP contribution in [0.25, 0.3) is 0 Å². The molecule has 0 aromatic heterocycles. The molecule has 0 fully saturated rings. The van der Waals surface area contributed by atoms with Crippen molar-refractivity contribution in [1.29, 1.82) is 0 Å². The Balaban J connectivity index is 2.69. The van der Waals surface area contributed by atoms with Crippen LogP contribution in [0.1, 0.15) is 29.6 Å². The number of rotatable bonds is 8. The molecule has 0 aliphatic carbocycles. The molecule has 0 heterocycles. The molecule has 1 unspecified atom stereocenters. The number of anilines is 1. The minimum Gasteiger partial charge on any atom is -0.481 e. The van der Waals surface area contributed by atoms with Crippen molar-refractivity contribution in [3.8, 4) is 0 Å². The van der Waals surface area contributed by atoms with Crippen LogP contribution in [0.4, 0.5) is 5.69 Å². The highest BCUT2D eigenvalue weighted by Crippen LogP contribution is 2.17.